The van der Waals surface area contributed by atoms with E-state index in [0.29, 0.717) is 19.6 Å². The van der Waals surface area contributed by atoms with Crippen molar-refractivity contribution in [3.63, 3.8) is 0 Å². The smallest absolute Gasteiger partial charge is 4.00 e. The van der Waals surface area contributed by atoms with Gasteiger partial charge in [0.2, 0.25) is 0 Å². The van der Waals surface area contributed by atoms with Gasteiger partial charge in [0.15, 0.2) is 0 Å². The van der Waals surface area contributed by atoms with Crippen LogP contribution in [0.1, 0.15) is 40.0 Å². The van der Waals surface area contributed by atoms with Crippen molar-refractivity contribution in [2.75, 3.05) is 19.6 Å². The molecular weight excluding hydrogens is 497 g/mol. The van der Waals surface area contributed by atoms with Gasteiger partial charge in [0, 0.05) is 0 Å². The Balaban J connectivity index is -0.000000107. The normalized spacial score (nSPS) is 8.95. The van der Waals surface area contributed by atoms with Crippen molar-refractivity contribution < 1.29 is 25.8 Å². The van der Waals surface area contributed by atoms with Gasteiger partial charge >= 0.3 is 85.0 Å². The molecule has 0 bridgehead atoms. The van der Waals surface area contributed by atoms with Crippen molar-refractivity contribution in [3.8, 4) is 0 Å². The fraction of sp³-hybridized carbons (Fsp3) is 0.706. The summed E-state index contributed by atoms with van der Waals surface area (Å²) in [4.78, 5) is 0. The maximum absolute atomic E-state index is 6.45. The van der Waals surface area contributed by atoms with Crippen LogP contribution in [0.5, 0.6) is 0 Å². The van der Waals surface area contributed by atoms with Crippen molar-refractivity contribution in [2.24, 2.45) is 0 Å². The van der Waals surface area contributed by atoms with E-state index in [2.05, 4.69) is 41.5 Å². The van der Waals surface area contributed by atoms with E-state index in [0.717, 1.165) is 19.3 Å². The summed E-state index contributed by atoms with van der Waals surface area (Å²) in [6, 6.07) is 8.76. The Bertz CT molecular complexity index is 244. The molecule has 0 saturated carbocycles. The molecule has 3 nitrogen and oxygen atoms in total. The molecule has 128 valence electrons. The average Bonchev–Trinajstić information content (AvgIpc) is 3.02. The minimum atomic E-state index is -1.44. The molecule has 0 spiro atoms. The fourth-order valence-electron chi connectivity index (χ4n) is 0.874. The molecule has 0 atom stereocenters. The quantitative estimate of drug-likeness (QED) is 0.322. The Kier molecular flexibility index (Phi) is 33.2. The van der Waals surface area contributed by atoms with E-state index in [9.17, 15) is 0 Å². The van der Waals surface area contributed by atoms with Gasteiger partial charge < -0.3 is 17.2 Å². The second-order valence-electron chi connectivity index (χ2n) is 5.67. The Morgan fingerprint density at radius 2 is 0.955 bits per heavy atom. The van der Waals surface area contributed by atoms with E-state index in [1.54, 1.807) is 4.40 Å². The average molecular weight is 535 g/mol. The molecule has 0 fully saturated rings. The number of hydrogen-bond donors (Lipinski definition) is 0. The van der Waals surface area contributed by atoms with E-state index in [1.807, 2.05) is 20.8 Å². The topological polar surface area (TPSA) is 71.4 Å². The third-order valence-corrected chi connectivity index (χ3v) is 6.61. The van der Waals surface area contributed by atoms with Gasteiger partial charge in [0.05, 0.1) is 0 Å². The zero-order valence-corrected chi connectivity index (χ0v) is 21.2. The molecule has 0 radical (unpaired) electrons. The first-order valence-corrected chi connectivity index (χ1v) is 15.4. The van der Waals surface area contributed by atoms with Crippen LogP contribution in [-0.2, 0) is 25.8 Å². The van der Waals surface area contributed by atoms with Crippen LogP contribution in [0.3, 0.4) is 0 Å². The minimum Gasteiger partial charge on any atom is 4.00 e. The predicted molar refractivity (Wildman–Crippen MR) is 103 cm³/mol. The van der Waals surface area contributed by atoms with Crippen molar-refractivity contribution >= 4 is 17.7 Å². The standard InChI is InChI=1S/C8H13Ge.3C3H8N.Hf/c1-9(2,3)8-6-4-5-7-8;3*1-2-3-4;/h4-7H,1-3H3;3*4H,2-3H2,1H3;/q4*-1;+4. The summed E-state index contributed by atoms with van der Waals surface area (Å²) >= 11 is -1.44. The van der Waals surface area contributed by atoms with E-state index in [-0.39, 0.29) is 25.8 Å². The predicted octanol–water partition coefficient (Wildman–Crippen LogP) is 6.29. The Morgan fingerprint density at radius 3 is 1.05 bits per heavy atom. The molecule has 0 unspecified atom stereocenters. The molecule has 0 amide bonds. The van der Waals surface area contributed by atoms with E-state index < -0.39 is 13.3 Å². The van der Waals surface area contributed by atoms with Gasteiger partial charge in [0.25, 0.3) is 0 Å². The molecule has 3 N–H and O–H groups in total. The molecule has 0 heterocycles. The van der Waals surface area contributed by atoms with Crippen LogP contribution in [0.4, 0.5) is 0 Å². The zero-order chi connectivity index (χ0) is 17.1. The fourth-order valence-corrected chi connectivity index (χ4v) is 3.38. The second kappa shape index (κ2) is 23.9. The Morgan fingerprint density at radius 1 is 0.727 bits per heavy atom. The SMILES string of the molecule is CCC[NH-].CCC[NH-].CCC[NH-].[CH3][Ge]([CH3])([CH3])[c-]1cccc1.[Hf+4]. The second-order valence-corrected chi connectivity index (χ2v) is 16.3. The van der Waals surface area contributed by atoms with Gasteiger partial charge in [-0.15, -0.1) is 0 Å². The van der Waals surface area contributed by atoms with Gasteiger partial charge in [-0.05, 0) is 0 Å². The van der Waals surface area contributed by atoms with Gasteiger partial charge in [0.1, 0.15) is 0 Å². The molecule has 0 aliphatic carbocycles. The van der Waals surface area contributed by atoms with Crippen LogP contribution in [-0.4, -0.2) is 32.9 Å². The largest absolute Gasteiger partial charge is 4.00 e. The molecule has 5 heteroatoms. The van der Waals surface area contributed by atoms with Crippen molar-refractivity contribution in [2.45, 2.75) is 57.3 Å². The summed E-state index contributed by atoms with van der Waals surface area (Å²) in [6.45, 7) is 7.69. The molecule has 0 aromatic heterocycles. The first-order valence-electron chi connectivity index (χ1n) is 8.01. The minimum absolute atomic E-state index is 0. The van der Waals surface area contributed by atoms with Crippen LogP contribution in [0.2, 0.25) is 17.3 Å². The maximum Gasteiger partial charge on any atom is 4.00 e. The molecular formula is C17H37GeHfN3. The molecule has 0 saturated heterocycles. The van der Waals surface area contributed by atoms with E-state index >= 15 is 0 Å². The van der Waals surface area contributed by atoms with Gasteiger partial charge in [-0.1, -0.05) is 40.0 Å². The summed E-state index contributed by atoms with van der Waals surface area (Å²) < 4.78 is 1.61. The molecule has 1 aromatic carbocycles. The Labute approximate surface area is 161 Å². The van der Waals surface area contributed by atoms with Crippen LogP contribution in [0.15, 0.2) is 24.3 Å². The molecule has 22 heavy (non-hydrogen) atoms. The summed E-state index contributed by atoms with van der Waals surface area (Å²) in [6.07, 6.45) is 2.96. The van der Waals surface area contributed by atoms with Crippen LogP contribution in [0.25, 0.3) is 17.2 Å². The van der Waals surface area contributed by atoms with Gasteiger partial charge in [-0.2, -0.15) is 19.6 Å². The van der Waals surface area contributed by atoms with Crippen LogP contribution >= 0.6 is 0 Å². The Hall–Kier alpha value is 0.643. The summed E-state index contributed by atoms with van der Waals surface area (Å²) in [5, 5.41) is 0. The van der Waals surface area contributed by atoms with E-state index in [1.165, 1.54) is 0 Å². The molecule has 0 aliphatic heterocycles. The monoisotopic (exact) mass is 537 g/mol. The zero-order valence-electron chi connectivity index (χ0n) is 15.6. The van der Waals surface area contributed by atoms with Crippen molar-refractivity contribution in [3.05, 3.63) is 41.5 Å². The number of nitrogens with one attached hydrogen (secondary N) is 3. The number of hydrogen-bond acceptors (Lipinski definition) is 0. The van der Waals surface area contributed by atoms with Crippen molar-refractivity contribution in [1.82, 2.24) is 0 Å². The van der Waals surface area contributed by atoms with Crippen LogP contribution in [0, 0.1) is 0 Å². The van der Waals surface area contributed by atoms with Gasteiger partial charge in [-0.25, -0.2) is 0 Å². The van der Waals surface area contributed by atoms with E-state index in [4.69, 9.17) is 17.2 Å². The van der Waals surface area contributed by atoms with Crippen LogP contribution < -0.4 is 4.40 Å². The summed E-state index contributed by atoms with van der Waals surface area (Å²) in [5.74, 6) is 7.24. The van der Waals surface area contributed by atoms with Crippen molar-refractivity contribution in [1.29, 1.82) is 0 Å². The summed E-state index contributed by atoms with van der Waals surface area (Å²) in [7, 11) is 0. The molecule has 1 aromatic rings. The first kappa shape index (κ1) is 30.5. The first-order chi connectivity index (χ1) is 9.85. The summed E-state index contributed by atoms with van der Waals surface area (Å²) in [5.41, 5.74) is 19.4. The molecule has 0 aliphatic rings. The third-order valence-electron chi connectivity index (χ3n) is 2.28. The van der Waals surface area contributed by atoms with Gasteiger partial charge in [-0.3, -0.25) is 0 Å². The maximum atomic E-state index is 6.45. The number of rotatable bonds is 4. The molecule has 1 rings (SSSR count). The third kappa shape index (κ3) is 28.8.